The van der Waals surface area contributed by atoms with Crippen molar-refractivity contribution in [2.45, 2.75) is 42.8 Å². The van der Waals surface area contributed by atoms with Crippen LogP contribution in [0.1, 0.15) is 37.1 Å². The lowest BCUT2D eigenvalue weighted by Crippen LogP contribution is -2.27. The summed E-state index contributed by atoms with van der Waals surface area (Å²) in [6.07, 6.45) is 4.21. The second-order valence-electron chi connectivity index (χ2n) is 6.73. The van der Waals surface area contributed by atoms with E-state index in [0.717, 1.165) is 55.2 Å². The highest BCUT2D eigenvalue weighted by Gasteiger charge is 2.29. The van der Waals surface area contributed by atoms with Crippen molar-refractivity contribution >= 4 is 39.1 Å². The van der Waals surface area contributed by atoms with Crippen molar-refractivity contribution in [3.63, 3.8) is 0 Å². The van der Waals surface area contributed by atoms with E-state index < -0.39 is 10.8 Å². The fourth-order valence-corrected chi connectivity index (χ4v) is 4.83. The lowest BCUT2D eigenvalue weighted by atomic mass is 10.1. The molecule has 0 spiro atoms. The summed E-state index contributed by atoms with van der Waals surface area (Å²) < 4.78 is 16.4. The minimum Gasteiger partial charge on any atom is -0.296 e. The minimum absolute atomic E-state index is 0.289. The molecular formula is C18H21N5O2S2. The number of benzene rings is 1. The first-order valence-electron chi connectivity index (χ1n) is 9.06. The van der Waals surface area contributed by atoms with Gasteiger partial charge >= 0.3 is 0 Å². The molecule has 9 heteroatoms. The van der Waals surface area contributed by atoms with E-state index in [9.17, 15) is 9.00 Å². The van der Waals surface area contributed by atoms with Crippen molar-refractivity contribution < 1.29 is 9.00 Å². The molecule has 2 aromatic rings. The molecule has 1 saturated heterocycles. The van der Waals surface area contributed by atoms with Crippen LogP contribution in [-0.4, -0.2) is 48.5 Å². The molecular weight excluding hydrogens is 382 g/mol. The van der Waals surface area contributed by atoms with Gasteiger partial charge in [0.25, 0.3) is 5.91 Å². The van der Waals surface area contributed by atoms with Crippen LogP contribution in [0.15, 0.2) is 34.3 Å². The summed E-state index contributed by atoms with van der Waals surface area (Å²) >= 11 is 1.15. The van der Waals surface area contributed by atoms with Crippen molar-refractivity contribution in [2.24, 2.45) is 5.10 Å². The average molecular weight is 404 g/mol. The third kappa shape index (κ3) is 4.41. The van der Waals surface area contributed by atoms with Gasteiger partial charge in [-0.1, -0.05) is 12.1 Å². The standard InChI is InChI=1S/C18H21N5O2S2/c1-12-19-18(26-22-12)20-17(24)16(21-23-10-2-3-11-23)13-4-6-14(7-5-13)27(25)15-8-9-15/h4-7,15H,2-3,8-11H2,1H3,(H,19,20,22,24)/b21-16+. The summed E-state index contributed by atoms with van der Waals surface area (Å²) in [5.41, 5.74) is 1.05. The number of carbonyl (C=O) groups is 1. The van der Waals surface area contributed by atoms with E-state index >= 15 is 0 Å². The number of nitrogens with one attached hydrogen (secondary N) is 1. The van der Waals surface area contributed by atoms with E-state index in [2.05, 4.69) is 19.8 Å². The van der Waals surface area contributed by atoms with Crippen LogP contribution in [-0.2, 0) is 15.6 Å². The second kappa shape index (κ2) is 7.85. The van der Waals surface area contributed by atoms with Gasteiger partial charge in [-0.25, -0.2) is 4.98 Å². The third-order valence-corrected chi connectivity index (χ3v) is 7.01. The van der Waals surface area contributed by atoms with Gasteiger partial charge in [0.1, 0.15) is 5.82 Å². The summed E-state index contributed by atoms with van der Waals surface area (Å²) in [6, 6.07) is 7.34. The smallest absolute Gasteiger partial charge is 0.278 e. The summed E-state index contributed by atoms with van der Waals surface area (Å²) in [6.45, 7) is 3.47. The van der Waals surface area contributed by atoms with Crippen molar-refractivity contribution in [3.8, 4) is 0 Å². The quantitative estimate of drug-likeness (QED) is 0.749. The van der Waals surface area contributed by atoms with Crippen LogP contribution in [0.3, 0.4) is 0 Å². The number of aryl methyl sites for hydroxylation is 1. The number of aromatic nitrogens is 2. The SMILES string of the molecule is Cc1nsc(NC(=O)/C(=N/N2CCCC2)c2ccc(S(=O)C3CC3)cc2)n1. The molecule has 142 valence electrons. The molecule has 2 fully saturated rings. The number of hydrogen-bond acceptors (Lipinski definition) is 7. The first kappa shape index (κ1) is 18.2. The van der Waals surface area contributed by atoms with Crippen LogP contribution >= 0.6 is 11.5 Å². The molecule has 1 amide bonds. The molecule has 2 heterocycles. The Hall–Kier alpha value is -2.13. The van der Waals surface area contributed by atoms with Gasteiger partial charge in [0, 0.05) is 40.3 Å². The van der Waals surface area contributed by atoms with Gasteiger partial charge in [-0.2, -0.15) is 9.47 Å². The molecule has 0 radical (unpaired) electrons. The largest absolute Gasteiger partial charge is 0.296 e. The minimum atomic E-state index is -0.956. The number of hydrazone groups is 1. The van der Waals surface area contributed by atoms with Crippen molar-refractivity contribution in [1.82, 2.24) is 14.4 Å². The number of anilines is 1. The molecule has 2 aliphatic rings. The average Bonchev–Trinajstić information content (AvgIpc) is 3.24. The molecule has 1 N–H and O–H groups in total. The maximum absolute atomic E-state index is 12.9. The maximum Gasteiger partial charge on any atom is 0.278 e. The highest BCUT2D eigenvalue weighted by Crippen LogP contribution is 2.30. The monoisotopic (exact) mass is 403 g/mol. The maximum atomic E-state index is 12.9. The van der Waals surface area contributed by atoms with Gasteiger partial charge < -0.3 is 0 Å². The number of hydrogen-bond donors (Lipinski definition) is 1. The highest BCUT2D eigenvalue weighted by atomic mass is 32.2. The van der Waals surface area contributed by atoms with E-state index in [1.165, 1.54) is 0 Å². The number of carbonyl (C=O) groups excluding carboxylic acids is 1. The molecule has 0 bridgehead atoms. The molecule has 1 aliphatic carbocycles. The molecule has 1 aromatic carbocycles. The summed E-state index contributed by atoms with van der Waals surface area (Å²) in [5, 5.41) is 10.1. The van der Waals surface area contributed by atoms with Crippen LogP contribution in [0, 0.1) is 6.92 Å². The molecule has 1 saturated carbocycles. The van der Waals surface area contributed by atoms with Crippen molar-refractivity contribution in [3.05, 3.63) is 35.7 Å². The Balaban J connectivity index is 1.58. The van der Waals surface area contributed by atoms with Crippen LogP contribution < -0.4 is 5.32 Å². The number of rotatable bonds is 6. The van der Waals surface area contributed by atoms with E-state index in [4.69, 9.17) is 0 Å². The Kier molecular flexibility index (Phi) is 5.31. The van der Waals surface area contributed by atoms with Gasteiger partial charge in [-0.15, -0.1) is 0 Å². The molecule has 1 unspecified atom stereocenters. The second-order valence-corrected chi connectivity index (χ2v) is 9.22. The van der Waals surface area contributed by atoms with E-state index in [1.54, 1.807) is 6.92 Å². The first-order chi connectivity index (χ1) is 13.1. The Morgan fingerprint density at radius 1 is 1.26 bits per heavy atom. The topological polar surface area (TPSA) is 87.5 Å². The lowest BCUT2D eigenvalue weighted by Gasteiger charge is -2.14. The summed E-state index contributed by atoms with van der Waals surface area (Å²) in [7, 11) is -0.956. The molecule has 1 atom stereocenters. The predicted octanol–water partition coefficient (Wildman–Crippen LogP) is 2.56. The van der Waals surface area contributed by atoms with Crippen molar-refractivity contribution in [1.29, 1.82) is 0 Å². The van der Waals surface area contributed by atoms with Crippen LogP contribution in [0.25, 0.3) is 0 Å². The van der Waals surface area contributed by atoms with Gasteiger partial charge in [-0.3, -0.25) is 19.3 Å². The van der Waals surface area contributed by atoms with Crippen LogP contribution in [0.5, 0.6) is 0 Å². The predicted molar refractivity (Wildman–Crippen MR) is 106 cm³/mol. The lowest BCUT2D eigenvalue weighted by molar-refractivity contribution is -0.110. The van der Waals surface area contributed by atoms with E-state index in [0.29, 0.717) is 22.2 Å². The van der Waals surface area contributed by atoms with Gasteiger partial charge in [-0.05, 0) is 44.7 Å². The highest BCUT2D eigenvalue weighted by molar-refractivity contribution is 7.86. The van der Waals surface area contributed by atoms with Gasteiger partial charge in [0.05, 0.1) is 10.8 Å². The van der Waals surface area contributed by atoms with E-state index in [-0.39, 0.29) is 11.2 Å². The number of amides is 1. The Labute approximate surface area is 164 Å². The Bertz CT molecular complexity index is 883. The normalized spacial score (nSPS) is 18.6. The zero-order valence-corrected chi connectivity index (χ0v) is 16.7. The van der Waals surface area contributed by atoms with Crippen LogP contribution in [0.2, 0.25) is 0 Å². The Morgan fingerprint density at radius 3 is 2.56 bits per heavy atom. The fourth-order valence-electron chi connectivity index (χ4n) is 2.90. The molecule has 1 aliphatic heterocycles. The first-order valence-corrected chi connectivity index (χ1v) is 11.0. The molecule has 7 nitrogen and oxygen atoms in total. The molecule has 27 heavy (non-hydrogen) atoms. The summed E-state index contributed by atoms with van der Waals surface area (Å²) in [4.78, 5) is 17.9. The zero-order chi connectivity index (χ0) is 18.8. The number of nitrogens with zero attached hydrogens (tertiary/aromatic N) is 4. The fraction of sp³-hybridized carbons (Fsp3) is 0.444. The molecule has 1 aromatic heterocycles. The van der Waals surface area contributed by atoms with Gasteiger partial charge in [0.15, 0.2) is 5.71 Å². The zero-order valence-electron chi connectivity index (χ0n) is 15.1. The van der Waals surface area contributed by atoms with Gasteiger partial charge in [0.2, 0.25) is 5.13 Å². The van der Waals surface area contributed by atoms with Crippen LogP contribution in [0.4, 0.5) is 5.13 Å². The van der Waals surface area contributed by atoms with E-state index in [1.807, 2.05) is 29.3 Å². The summed E-state index contributed by atoms with van der Waals surface area (Å²) in [5.74, 6) is 0.314. The third-order valence-electron chi connectivity index (χ3n) is 4.47. The molecule has 4 rings (SSSR count). The van der Waals surface area contributed by atoms with Crippen molar-refractivity contribution in [2.75, 3.05) is 18.4 Å². The Morgan fingerprint density at radius 2 is 1.96 bits per heavy atom.